The summed E-state index contributed by atoms with van der Waals surface area (Å²) in [5.41, 5.74) is 1.63. The summed E-state index contributed by atoms with van der Waals surface area (Å²) in [6.07, 6.45) is 0. The van der Waals surface area contributed by atoms with E-state index in [1.807, 2.05) is 45.0 Å². The molecule has 1 saturated heterocycles. The third-order valence-corrected chi connectivity index (χ3v) is 7.33. The molecule has 2 aromatic heterocycles. The Hall–Kier alpha value is -2.30. The number of hydrogen-bond acceptors (Lipinski definition) is 6. The number of fused-ring (bicyclic) bond motifs is 3. The number of benzene rings is 1. The first-order valence-corrected chi connectivity index (χ1v) is 11.0. The number of aromatic nitrogens is 4. The fourth-order valence-corrected chi connectivity index (χ4v) is 5.28. The number of aryl methyl sites for hydroxylation is 1. The molecule has 0 saturated carbocycles. The van der Waals surface area contributed by atoms with Crippen molar-refractivity contribution in [1.82, 2.24) is 28.2 Å². The predicted octanol–water partition coefficient (Wildman–Crippen LogP) is 1.29. The highest BCUT2D eigenvalue weighted by molar-refractivity contribution is 7.86. The van der Waals surface area contributed by atoms with E-state index < -0.39 is 10.2 Å². The second kappa shape index (κ2) is 7.26. The van der Waals surface area contributed by atoms with E-state index in [-0.39, 0.29) is 0 Å². The molecule has 1 aliphatic heterocycles. The third-order valence-electron chi connectivity index (χ3n) is 5.15. The predicted molar refractivity (Wildman–Crippen MR) is 109 cm³/mol. The van der Waals surface area contributed by atoms with Gasteiger partial charge in [0.05, 0.1) is 5.52 Å². The van der Waals surface area contributed by atoms with E-state index in [4.69, 9.17) is 4.98 Å². The van der Waals surface area contributed by atoms with Crippen LogP contribution in [0.2, 0.25) is 0 Å². The molecular formula is C18H25N7O2S. The maximum Gasteiger partial charge on any atom is 0.282 e. The molecule has 0 N–H and O–H groups in total. The highest BCUT2D eigenvalue weighted by Gasteiger charge is 2.32. The van der Waals surface area contributed by atoms with Crippen molar-refractivity contribution in [1.29, 1.82) is 0 Å². The number of piperazine rings is 1. The monoisotopic (exact) mass is 403 g/mol. The van der Waals surface area contributed by atoms with Crippen LogP contribution in [0.15, 0.2) is 24.3 Å². The van der Waals surface area contributed by atoms with Crippen LogP contribution in [0.4, 0.5) is 5.95 Å². The van der Waals surface area contributed by atoms with Gasteiger partial charge in [-0.25, -0.2) is 9.97 Å². The van der Waals surface area contributed by atoms with Crippen LogP contribution in [-0.2, 0) is 10.2 Å². The molecule has 1 aromatic carbocycles. The molecule has 3 aromatic rings. The zero-order valence-electron chi connectivity index (χ0n) is 16.4. The molecule has 3 heterocycles. The summed E-state index contributed by atoms with van der Waals surface area (Å²) in [7, 11) is -3.42. The Bertz CT molecular complexity index is 1100. The summed E-state index contributed by atoms with van der Waals surface area (Å²) < 4.78 is 30.4. The molecule has 150 valence electrons. The van der Waals surface area contributed by atoms with E-state index in [0.29, 0.717) is 51.0 Å². The van der Waals surface area contributed by atoms with Crippen molar-refractivity contribution in [3.8, 4) is 0 Å². The molecule has 0 radical (unpaired) electrons. The number of anilines is 1. The van der Waals surface area contributed by atoms with Crippen molar-refractivity contribution >= 4 is 32.7 Å². The van der Waals surface area contributed by atoms with Crippen LogP contribution in [0.25, 0.3) is 16.6 Å². The minimum Gasteiger partial charge on any atom is -0.338 e. The van der Waals surface area contributed by atoms with E-state index in [1.165, 1.54) is 4.31 Å². The molecule has 0 unspecified atom stereocenters. The standard InChI is InChI=1S/C18H25N7O2S/c1-4-23(5-2)28(26,27)24-12-10-22(11-13-24)18-20-16-9-7-6-8-15(16)17-19-14(3)21-25(17)18/h6-9H,4-5,10-13H2,1-3H3. The largest absolute Gasteiger partial charge is 0.338 e. The SMILES string of the molecule is CCN(CC)S(=O)(=O)N1CCN(c2nc3ccccc3c3nc(C)nn23)CC1. The number of hydrogen-bond donors (Lipinski definition) is 0. The van der Waals surface area contributed by atoms with Gasteiger partial charge in [-0.05, 0) is 19.1 Å². The van der Waals surface area contributed by atoms with Gasteiger partial charge in [0.1, 0.15) is 5.82 Å². The van der Waals surface area contributed by atoms with Gasteiger partial charge in [0.2, 0.25) is 5.95 Å². The van der Waals surface area contributed by atoms with Crippen molar-refractivity contribution < 1.29 is 8.42 Å². The average molecular weight is 404 g/mol. The lowest BCUT2D eigenvalue weighted by atomic mass is 10.2. The van der Waals surface area contributed by atoms with Crippen LogP contribution in [-0.4, -0.2) is 75.9 Å². The van der Waals surface area contributed by atoms with E-state index in [1.54, 1.807) is 8.82 Å². The summed E-state index contributed by atoms with van der Waals surface area (Å²) in [5, 5.41) is 5.48. The quantitative estimate of drug-likeness (QED) is 0.638. The summed E-state index contributed by atoms with van der Waals surface area (Å²) >= 11 is 0. The minimum atomic E-state index is -3.42. The van der Waals surface area contributed by atoms with E-state index >= 15 is 0 Å². The fourth-order valence-electron chi connectivity index (χ4n) is 3.68. The molecule has 0 spiro atoms. The molecule has 1 fully saturated rings. The number of para-hydroxylation sites is 1. The van der Waals surface area contributed by atoms with Gasteiger partial charge in [-0.2, -0.15) is 21.5 Å². The lowest BCUT2D eigenvalue weighted by Gasteiger charge is -2.36. The van der Waals surface area contributed by atoms with Crippen LogP contribution in [0.3, 0.4) is 0 Å². The van der Waals surface area contributed by atoms with E-state index in [0.717, 1.165) is 16.6 Å². The first kappa shape index (κ1) is 19.0. The van der Waals surface area contributed by atoms with Gasteiger partial charge in [-0.3, -0.25) is 0 Å². The lowest BCUT2D eigenvalue weighted by Crippen LogP contribution is -2.53. The van der Waals surface area contributed by atoms with Crippen molar-refractivity contribution in [3.63, 3.8) is 0 Å². The molecule has 0 aliphatic carbocycles. The number of rotatable bonds is 5. The highest BCUT2D eigenvalue weighted by atomic mass is 32.2. The Morgan fingerprint density at radius 1 is 1.04 bits per heavy atom. The third kappa shape index (κ3) is 3.11. The Balaban J connectivity index is 1.65. The average Bonchev–Trinajstić information content (AvgIpc) is 3.10. The van der Waals surface area contributed by atoms with Gasteiger partial charge in [-0.1, -0.05) is 26.0 Å². The van der Waals surface area contributed by atoms with Crippen LogP contribution in [0.1, 0.15) is 19.7 Å². The Morgan fingerprint density at radius 2 is 1.71 bits per heavy atom. The second-order valence-electron chi connectivity index (χ2n) is 6.80. The second-order valence-corrected chi connectivity index (χ2v) is 8.73. The van der Waals surface area contributed by atoms with Crippen molar-refractivity contribution in [3.05, 3.63) is 30.1 Å². The molecule has 28 heavy (non-hydrogen) atoms. The molecule has 0 bridgehead atoms. The summed E-state index contributed by atoms with van der Waals surface area (Å²) in [6.45, 7) is 8.49. The molecule has 4 rings (SSSR count). The molecule has 9 nitrogen and oxygen atoms in total. The smallest absolute Gasteiger partial charge is 0.282 e. The number of nitrogens with zero attached hydrogens (tertiary/aromatic N) is 7. The van der Waals surface area contributed by atoms with Crippen LogP contribution in [0.5, 0.6) is 0 Å². The van der Waals surface area contributed by atoms with Gasteiger partial charge in [0.15, 0.2) is 5.65 Å². The molecule has 0 amide bonds. The minimum absolute atomic E-state index is 0.419. The Kier molecular flexibility index (Phi) is 4.94. The lowest BCUT2D eigenvalue weighted by molar-refractivity contribution is 0.332. The summed E-state index contributed by atoms with van der Waals surface area (Å²) in [4.78, 5) is 11.5. The van der Waals surface area contributed by atoms with Gasteiger partial charge in [0, 0.05) is 44.7 Å². The topological polar surface area (TPSA) is 86.9 Å². The van der Waals surface area contributed by atoms with Crippen LogP contribution < -0.4 is 4.90 Å². The van der Waals surface area contributed by atoms with E-state index in [2.05, 4.69) is 15.0 Å². The molecule has 10 heteroatoms. The maximum absolute atomic E-state index is 12.8. The fraction of sp³-hybridized carbons (Fsp3) is 0.500. The van der Waals surface area contributed by atoms with Gasteiger partial charge < -0.3 is 4.90 Å². The maximum atomic E-state index is 12.8. The zero-order chi connectivity index (χ0) is 19.9. The Morgan fingerprint density at radius 3 is 2.39 bits per heavy atom. The van der Waals surface area contributed by atoms with E-state index in [9.17, 15) is 8.42 Å². The highest BCUT2D eigenvalue weighted by Crippen LogP contribution is 2.24. The first-order valence-electron chi connectivity index (χ1n) is 9.58. The van der Waals surface area contributed by atoms with Crippen LogP contribution >= 0.6 is 0 Å². The van der Waals surface area contributed by atoms with Crippen LogP contribution in [0, 0.1) is 6.92 Å². The zero-order valence-corrected chi connectivity index (χ0v) is 17.2. The van der Waals surface area contributed by atoms with Crippen molar-refractivity contribution in [2.24, 2.45) is 0 Å². The summed E-state index contributed by atoms with van der Waals surface area (Å²) in [6, 6.07) is 7.87. The van der Waals surface area contributed by atoms with Gasteiger partial charge >= 0.3 is 0 Å². The molecule has 0 atom stereocenters. The Labute approximate surface area is 164 Å². The molecule has 1 aliphatic rings. The summed E-state index contributed by atoms with van der Waals surface area (Å²) in [5.74, 6) is 1.39. The van der Waals surface area contributed by atoms with Gasteiger partial charge in [0.25, 0.3) is 10.2 Å². The van der Waals surface area contributed by atoms with Gasteiger partial charge in [-0.15, -0.1) is 5.10 Å². The first-order chi connectivity index (χ1) is 13.5. The molecular weight excluding hydrogens is 378 g/mol. The normalized spacial score (nSPS) is 16.5. The van der Waals surface area contributed by atoms with Crippen molar-refractivity contribution in [2.45, 2.75) is 20.8 Å². The van der Waals surface area contributed by atoms with Crippen molar-refractivity contribution in [2.75, 3.05) is 44.2 Å².